The van der Waals surface area contributed by atoms with Crippen LogP contribution in [0.5, 0.6) is 5.88 Å². The average Bonchev–Trinajstić information content (AvgIpc) is 3.06. The van der Waals surface area contributed by atoms with Crippen molar-refractivity contribution < 1.29 is 9.90 Å². The van der Waals surface area contributed by atoms with Gasteiger partial charge in [-0.2, -0.15) is 5.11 Å². The van der Waals surface area contributed by atoms with Crippen LogP contribution in [0.2, 0.25) is 0 Å². The largest absolute Gasteiger partial charge is 0.493 e. The molecule has 144 valence electrons. The number of nitrogens with zero attached hydrogens (tertiary/aromatic N) is 2. The standard InChI is InChI=1S/C23H20N4O2/c1-15-5-4-6-16(13-15)14-24-22(28)17-9-11-18(12-10-17)26-27-21-19-7-2-3-8-20(19)25-23(21)29/h2-13,25,29H,14H2,1H3,(H,24,28). The first kappa shape index (κ1) is 18.4. The summed E-state index contributed by atoms with van der Waals surface area (Å²) in [5.74, 6) is -0.175. The highest BCUT2D eigenvalue weighted by Gasteiger charge is 2.09. The molecule has 0 spiro atoms. The van der Waals surface area contributed by atoms with Crippen LogP contribution in [-0.2, 0) is 6.54 Å². The summed E-state index contributed by atoms with van der Waals surface area (Å²) >= 11 is 0. The number of hydrogen-bond acceptors (Lipinski definition) is 4. The van der Waals surface area contributed by atoms with Crippen molar-refractivity contribution in [1.82, 2.24) is 10.3 Å². The van der Waals surface area contributed by atoms with E-state index in [9.17, 15) is 9.90 Å². The van der Waals surface area contributed by atoms with Crippen molar-refractivity contribution in [2.45, 2.75) is 13.5 Å². The van der Waals surface area contributed by atoms with Crippen LogP contribution in [0.25, 0.3) is 10.9 Å². The number of hydrogen-bond donors (Lipinski definition) is 3. The number of benzene rings is 3. The Morgan fingerprint density at radius 3 is 2.59 bits per heavy atom. The van der Waals surface area contributed by atoms with E-state index >= 15 is 0 Å². The molecule has 0 fully saturated rings. The van der Waals surface area contributed by atoms with E-state index in [1.54, 1.807) is 24.3 Å². The number of para-hydroxylation sites is 1. The zero-order chi connectivity index (χ0) is 20.2. The smallest absolute Gasteiger partial charge is 0.251 e. The Kier molecular flexibility index (Phi) is 5.07. The maximum absolute atomic E-state index is 12.3. The van der Waals surface area contributed by atoms with Gasteiger partial charge in [-0.1, -0.05) is 48.0 Å². The lowest BCUT2D eigenvalue weighted by molar-refractivity contribution is 0.0951. The maximum Gasteiger partial charge on any atom is 0.251 e. The van der Waals surface area contributed by atoms with Gasteiger partial charge < -0.3 is 15.4 Å². The molecular formula is C23H20N4O2. The third-order valence-corrected chi connectivity index (χ3v) is 4.59. The molecule has 0 bridgehead atoms. The second kappa shape index (κ2) is 7.98. The Balaban J connectivity index is 1.44. The molecule has 0 aliphatic heterocycles. The number of azo groups is 1. The van der Waals surface area contributed by atoms with Gasteiger partial charge in [0, 0.05) is 17.5 Å². The predicted octanol–water partition coefficient (Wildman–Crippen LogP) is 5.53. The van der Waals surface area contributed by atoms with Crippen molar-refractivity contribution in [3.63, 3.8) is 0 Å². The molecule has 0 aliphatic rings. The Morgan fingerprint density at radius 2 is 1.79 bits per heavy atom. The number of aromatic nitrogens is 1. The van der Waals surface area contributed by atoms with Gasteiger partial charge in [0.15, 0.2) is 5.69 Å². The summed E-state index contributed by atoms with van der Waals surface area (Å²) in [4.78, 5) is 15.2. The van der Waals surface area contributed by atoms with Crippen molar-refractivity contribution in [1.29, 1.82) is 0 Å². The van der Waals surface area contributed by atoms with Crippen molar-refractivity contribution in [2.24, 2.45) is 10.2 Å². The fourth-order valence-corrected chi connectivity index (χ4v) is 3.11. The molecule has 1 heterocycles. The molecule has 0 aliphatic carbocycles. The van der Waals surface area contributed by atoms with Gasteiger partial charge >= 0.3 is 0 Å². The minimum atomic E-state index is -0.149. The number of fused-ring (bicyclic) bond motifs is 1. The Labute approximate surface area is 167 Å². The SMILES string of the molecule is Cc1cccc(CNC(=O)c2ccc(N=Nc3c(O)[nH]c4ccccc34)cc2)c1. The van der Waals surface area contributed by atoms with Gasteiger partial charge in [-0.3, -0.25) is 4.79 Å². The van der Waals surface area contributed by atoms with E-state index in [1.165, 1.54) is 0 Å². The number of H-pyrrole nitrogens is 1. The van der Waals surface area contributed by atoms with Crippen LogP contribution in [0.15, 0.2) is 83.0 Å². The van der Waals surface area contributed by atoms with E-state index in [0.717, 1.165) is 22.0 Å². The van der Waals surface area contributed by atoms with Gasteiger partial charge in [-0.15, -0.1) is 5.11 Å². The molecule has 6 heteroatoms. The molecule has 29 heavy (non-hydrogen) atoms. The minimum Gasteiger partial charge on any atom is -0.493 e. The van der Waals surface area contributed by atoms with Crippen molar-refractivity contribution >= 4 is 28.2 Å². The summed E-state index contributed by atoms with van der Waals surface area (Å²) in [5.41, 5.74) is 4.53. The lowest BCUT2D eigenvalue weighted by atomic mass is 10.1. The first-order chi connectivity index (χ1) is 14.1. The molecule has 0 saturated heterocycles. The molecule has 0 unspecified atom stereocenters. The number of aromatic amines is 1. The third kappa shape index (κ3) is 4.16. The van der Waals surface area contributed by atoms with Gasteiger partial charge in [0.1, 0.15) is 0 Å². The molecule has 1 aromatic heterocycles. The minimum absolute atomic E-state index is 0.0258. The Morgan fingerprint density at radius 1 is 1.00 bits per heavy atom. The molecule has 6 nitrogen and oxygen atoms in total. The second-order valence-electron chi connectivity index (χ2n) is 6.79. The Hall–Kier alpha value is -3.93. The third-order valence-electron chi connectivity index (χ3n) is 4.59. The first-order valence-electron chi connectivity index (χ1n) is 9.25. The van der Waals surface area contributed by atoms with E-state index < -0.39 is 0 Å². The average molecular weight is 384 g/mol. The van der Waals surface area contributed by atoms with Crippen LogP contribution < -0.4 is 5.32 Å². The summed E-state index contributed by atoms with van der Waals surface area (Å²) < 4.78 is 0. The van der Waals surface area contributed by atoms with Crippen LogP contribution in [-0.4, -0.2) is 16.0 Å². The normalized spacial score (nSPS) is 11.2. The number of rotatable bonds is 5. The van der Waals surface area contributed by atoms with Gasteiger partial charge in [-0.05, 0) is 42.8 Å². The van der Waals surface area contributed by atoms with Gasteiger partial charge in [0.05, 0.1) is 11.2 Å². The molecule has 3 N–H and O–H groups in total. The number of carbonyl (C=O) groups excluding carboxylic acids is 1. The van der Waals surface area contributed by atoms with E-state index in [1.807, 2.05) is 55.5 Å². The number of nitrogens with one attached hydrogen (secondary N) is 2. The first-order valence-corrected chi connectivity index (χ1v) is 9.25. The van der Waals surface area contributed by atoms with Crippen molar-refractivity contribution in [3.8, 4) is 5.88 Å². The molecule has 0 radical (unpaired) electrons. The van der Waals surface area contributed by atoms with Gasteiger partial charge in [0.25, 0.3) is 5.91 Å². The summed E-state index contributed by atoms with van der Waals surface area (Å²) in [5, 5.41) is 22.1. The maximum atomic E-state index is 12.3. The molecule has 4 rings (SSSR count). The molecule has 4 aromatic rings. The summed E-state index contributed by atoms with van der Waals surface area (Å²) in [6, 6.07) is 22.3. The molecular weight excluding hydrogens is 364 g/mol. The van der Waals surface area contributed by atoms with Crippen LogP contribution in [0.1, 0.15) is 21.5 Å². The van der Waals surface area contributed by atoms with Crippen molar-refractivity contribution in [2.75, 3.05) is 0 Å². The van der Waals surface area contributed by atoms with Crippen LogP contribution >= 0.6 is 0 Å². The van der Waals surface area contributed by atoms with E-state index in [0.29, 0.717) is 23.5 Å². The molecule has 0 atom stereocenters. The molecule has 3 aromatic carbocycles. The van der Waals surface area contributed by atoms with Crippen LogP contribution in [0.4, 0.5) is 11.4 Å². The van der Waals surface area contributed by atoms with Gasteiger partial charge in [-0.25, -0.2) is 0 Å². The Bertz CT molecular complexity index is 1190. The topological polar surface area (TPSA) is 89.8 Å². The molecule has 0 saturated carbocycles. The lowest BCUT2D eigenvalue weighted by Crippen LogP contribution is -2.22. The summed E-state index contributed by atoms with van der Waals surface area (Å²) in [7, 11) is 0. The van der Waals surface area contributed by atoms with Crippen LogP contribution in [0, 0.1) is 6.92 Å². The number of carbonyl (C=O) groups is 1. The highest BCUT2D eigenvalue weighted by atomic mass is 16.3. The summed E-state index contributed by atoms with van der Waals surface area (Å²) in [6.07, 6.45) is 0. The van der Waals surface area contributed by atoms with Crippen LogP contribution in [0.3, 0.4) is 0 Å². The van der Waals surface area contributed by atoms with E-state index in [-0.39, 0.29) is 11.8 Å². The summed E-state index contributed by atoms with van der Waals surface area (Å²) in [6.45, 7) is 2.50. The number of amides is 1. The molecule has 1 amide bonds. The number of aromatic hydroxyl groups is 1. The van der Waals surface area contributed by atoms with E-state index in [4.69, 9.17) is 0 Å². The highest BCUT2D eigenvalue weighted by molar-refractivity contribution is 5.95. The van der Waals surface area contributed by atoms with Gasteiger partial charge in [0.2, 0.25) is 5.88 Å². The lowest BCUT2D eigenvalue weighted by Gasteiger charge is -2.06. The fourth-order valence-electron chi connectivity index (χ4n) is 3.11. The second-order valence-corrected chi connectivity index (χ2v) is 6.79. The quantitative estimate of drug-likeness (QED) is 0.395. The number of aryl methyl sites for hydroxylation is 1. The predicted molar refractivity (Wildman–Crippen MR) is 113 cm³/mol. The fraction of sp³-hybridized carbons (Fsp3) is 0.0870. The highest BCUT2D eigenvalue weighted by Crippen LogP contribution is 2.36. The van der Waals surface area contributed by atoms with E-state index in [2.05, 4.69) is 20.5 Å². The van der Waals surface area contributed by atoms with Crippen molar-refractivity contribution in [3.05, 3.63) is 89.5 Å². The zero-order valence-corrected chi connectivity index (χ0v) is 15.9. The monoisotopic (exact) mass is 384 g/mol. The zero-order valence-electron chi connectivity index (χ0n) is 15.9.